The molecule has 0 aliphatic rings. The first kappa shape index (κ1) is 42.8. The fourth-order valence-corrected chi connectivity index (χ4v) is 12.1. The summed E-state index contributed by atoms with van der Waals surface area (Å²) in [5.41, 5.74) is 10.8. The summed E-state index contributed by atoms with van der Waals surface area (Å²) >= 11 is 3.06. The Morgan fingerprint density at radius 1 is 0.557 bits per heavy atom. The minimum atomic E-state index is -0.422. The summed E-state index contributed by atoms with van der Waals surface area (Å²) in [6.45, 7) is 1.73. The minimum absolute atomic E-state index is 0.422. The van der Waals surface area contributed by atoms with Gasteiger partial charge in [-0.15, -0.1) is 22.7 Å². The van der Waals surface area contributed by atoms with E-state index in [1.54, 1.807) is 0 Å². The Kier molecular flexibility index (Phi) is 11.1. The van der Waals surface area contributed by atoms with Crippen LogP contribution in [0.3, 0.4) is 0 Å². The number of rotatable bonds is 10. The average Bonchev–Trinajstić information content (AvgIpc) is 4.18. The lowest BCUT2D eigenvalue weighted by molar-refractivity contribution is 1.02. The topological polar surface area (TPSA) is 83.2 Å². The fraction of sp³-hybridized carbons (Fsp3) is 0.0333. The molecular weight excluding hydrogens is 890 g/mol. The first-order valence-corrected chi connectivity index (χ1v) is 24.9. The largest absolute Gasteiger partial charge is 0.386 e. The summed E-state index contributed by atoms with van der Waals surface area (Å²) < 4.78 is 6.77. The molecule has 4 aromatic heterocycles. The first-order valence-electron chi connectivity index (χ1n) is 23.3. The van der Waals surface area contributed by atoms with Crippen molar-refractivity contribution >= 4 is 106 Å². The van der Waals surface area contributed by atoms with Crippen LogP contribution in [0.25, 0.3) is 64.4 Å². The van der Waals surface area contributed by atoms with Gasteiger partial charge in [-0.2, -0.15) is 10.5 Å². The van der Waals surface area contributed by atoms with Gasteiger partial charge in [0.05, 0.1) is 31.1 Å². The average molecular weight is 931 g/mol. The van der Waals surface area contributed by atoms with Crippen LogP contribution in [0, 0.1) is 29.6 Å². The Morgan fingerprint density at radius 2 is 1.09 bits per heavy atom. The molecule has 0 aliphatic heterocycles. The molecule has 6 nitrogen and oxygen atoms in total. The van der Waals surface area contributed by atoms with Crippen molar-refractivity contribution in [1.82, 2.24) is 18.9 Å². The molecule has 10 heteroatoms. The Hall–Kier alpha value is -8.53. The minimum Gasteiger partial charge on any atom is -0.386 e. The summed E-state index contributed by atoms with van der Waals surface area (Å²) in [5, 5.41) is 30.8. The lowest BCUT2D eigenvalue weighted by atomic mass is 9.50. The van der Waals surface area contributed by atoms with E-state index in [9.17, 15) is 10.5 Å². The highest BCUT2D eigenvalue weighted by Crippen LogP contribution is 2.36. The van der Waals surface area contributed by atoms with Crippen molar-refractivity contribution in [3.8, 4) is 23.4 Å². The predicted octanol–water partition coefficient (Wildman–Crippen LogP) is 10.0. The van der Waals surface area contributed by atoms with E-state index in [1.165, 1.54) is 22.7 Å². The van der Waals surface area contributed by atoms with Crippen LogP contribution < -0.4 is 27.1 Å². The number of hydrogen-bond acceptors (Lipinski definition) is 6. The molecule has 0 bridgehead atoms. The van der Waals surface area contributed by atoms with E-state index < -0.39 is 6.85 Å². The number of nitrogens with zero attached hydrogens (tertiary/aromatic N) is 6. The number of nitriles is 2. The maximum Gasteiger partial charge on any atom is 0.328 e. The molecule has 0 saturated carbocycles. The highest BCUT2D eigenvalue weighted by atomic mass is 32.1. The van der Waals surface area contributed by atoms with Gasteiger partial charge in [0.15, 0.2) is 0 Å². The zero-order valence-electron chi connectivity index (χ0n) is 38.1. The summed E-state index contributed by atoms with van der Waals surface area (Å²) in [6, 6.07) is 77.1. The Labute approximate surface area is 414 Å². The Bertz CT molecular complexity index is 4070. The van der Waals surface area contributed by atoms with Gasteiger partial charge >= 0.3 is 6.85 Å². The van der Waals surface area contributed by atoms with Gasteiger partial charge in [-0.05, 0) is 53.1 Å². The van der Waals surface area contributed by atoms with E-state index in [0.717, 1.165) is 97.1 Å². The predicted molar refractivity (Wildman–Crippen MR) is 294 cm³/mol. The van der Waals surface area contributed by atoms with Crippen LogP contribution in [-0.2, 0) is 6.42 Å². The number of para-hydroxylation sites is 2. The van der Waals surface area contributed by atoms with E-state index >= 15 is 0 Å². The molecule has 12 rings (SSSR count). The molecule has 0 fully saturated rings. The smallest absolute Gasteiger partial charge is 0.328 e. The monoisotopic (exact) mass is 930 g/mol. The van der Waals surface area contributed by atoms with Crippen molar-refractivity contribution < 1.29 is 0 Å². The highest BCUT2D eigenvalue weighted by Gasteiger charge is 2.35. The molecular formula is C60H40B2N6S2. The fourth-order valence-electron chi connectivity index (χ4n) is 10.2. The molecule has 0 N–H and O–H groups in total. The molecule has 0 saturated heterocycles. The summed E-state index contributed by atoms with van der Waals surface area (Å²) in [6.07, 6.45) is 0.497. The van der Waals surface area contributed by atoms with Crippen molar-refractivity contribution in [1.29, 1.82) is 10.5 Å². The SMILES string of the molecule is Cc1ccccc1-c1c2/c(=C(\C#N)c3nc4ccccc4s3)n(Bc3ccccc3)c(Cc3ccc4ccccc4c3)c2/c(=C(\C#N)c2nc3ccccc3s2)n1B(c1ccccc1)c1ccccc1. The third kappa shape index (κ3) is 7.52. The number of aryl methyl sites for hydroxylation is 1. The summed E-state index contributed by atoms with van der Waals surface area (Å²) in [5.74, 6) is 0. The molecule has 0 aliphatic carbocycles. The van der Waals surface area contributed by atoms with Gasteiger partial charge in [-0.25, -0.2) is 9.97 Å². The lowest BCUT2D eigenvalue weighted by Crippen LogP contribution is -2.53. The van der Waals surface area contributed by atoms with Gasteiger partial charge in [0.1, 0.15) is 33.3 Å². The Balaban J connectivity index is 1.39. The number of hydrogen-bond donors (Lipinski definition) is 0. The van der Waals surface area contributed by atoms with Gasteiger partial charge in [0, 0.05) is 34.1 Å². The highest BCUT2D eigenvalue weighted by molar-refractivity contribution is 7.20. The molecule has 70 heavy (non-hydrogen) atoms. The van der Waals surface area contributed by atoms with Gasteiger partial charge in [0.2, 0.25) is 0 Å². The van der Waals surface area contributed by atoms with Crippen molar-refractivity contribution in [2.75, 3.05) is 0 Å². The van der Waals surface area contributed by atoms with E-state index in [-0.39, 0.29) is 0 Å². The van der Waals surface area contributed by atoms with E-state index in [2.05, 4.69) is 180 Å². The van der Waals surface area contributed by atoms with Gasteiger partial charge in [-0.3, -0.25) is 0 Å². The molecule has 0 unspecified atom stereocenters. The van der Waals surface area contributed by atoms with E-state index in [0.29, 0.717) is 35.0 Å². The zero-order valence-corrected chi connectivity index (χ0v) is 39.8. The molecule has 0 spiro atoms. The zero-order chi connectivity index (χ0) is 47.1. The second-order valence-electron chi connectivity index (χ2n) is 17.5. The van der Waals surface area contributed by atoms with Crippen LogP contribution in [-0.4, -0.2) is 33.2 Å². The third-order valence-electron chi connectivity index (χ3n) is 13.3. The second kappa shape index (κ2) is 18.2. The standard InChI is InChI=1S/C60H40B2N6S2/c1-39-19-11-14-28-46(39)57-55-54(58(48(38-64)60-66-50-30-16-18-32-53(50)70-60)68(57)62(44-24-7-3-8-25-44)45-26-9-4-10-27-45)51(36-40-33-34-41-20-12-13-21-42(41)35-40)67(61-43-22-5-2-6-23-43)56(55)47(37-63)59-65-49-29-15-17-31-52(49)69-59/h2-35,61H,36H2,1H3/b56-47-,58-48-. The van der Waals surface area contributed by atoms with Crippen molar-refractivity contribution in [2.45, 2.75) is 13.3 Å². The molecule has 0 atom stereocenters. The number of aromatic nitrogens is 4. The quantitative estimate of drug-likeness (QED) is 0.128. The van der Waals surface area contributed by atoms with Crippen LogP contribution in [0.2, 0.25) is 0 Å². The maximum absolute atomic E-state index is 12.0. The molecule has 4 heterocycles. The van der Waals surface area contributed by atoms with E-state index in [4.69, 9.17) is 9.97 Å². The van der Waals surface area contributed by atoms with Gasteiger partial charge < -0.3 is 8.96 Å². The Morgan fingerprint density at radius 3 is 1.69 bits per heavy atom. The molecule has 8 aromatic carbocycles. The van der Waals surface area contributed by atoms with Crippen LogP contribution in [0.4, 0.5) is 0 Å². The first-order chi connectivity index (χ1) is 34.6. The molecule has 0 amide bonds. The summed E-state index contributed by atoms with van der Waals surface area (Å²) in [7, 11) is 0.459. The molecule has 328 valence electrons. The van der Waals surface area contributed by atoms with Crippen molar-refractivity contribution in [3.05, 3.63) is 244 Å². The molecule has 0 radical (unpaired) electrons. The van der Waals surface area contributed by atoms with Crippen molar-refractivity contribution in [2.24, 2.45) is 0 Å². The normalized spacial score (nSPS) is 12.3. The van der Waals surface area contributed by atoms with E-state index in [1.807, 2.05) is 54.6 Å². The van der Waals surface area contributed by atoms with Crippen LogP contribution in [0.5, 0.6) is 0 Å². The van der Waals surface area contributed by atoms with Gasteiger partial charge in [-0.1, -0.05) is 198 Å². The van der Waals surface area contributed by atoms with Crippen LogP contribution >= 0.6 is 22.7 Å². The molecule has 12 aromatic rings. The number of fused-ring (bicyclic) bond motifs is 4. The van der Waals surface area contributed by atoms with Crippen LogP contribution in [0.15, 0.2) is 206 Å². The maximum atomic E-state index is 12.0. The van der Waals surface area contributed by atoms with Crippen LogP contribution in [0.1, 0.15) is 26.8 Å². The summed E-state index contributed by atoms with van der Waals surface area (Å²) in [4.78, 5) is 10.5. The van der Waals surface area contributed by atoms with Gasteiger partial charge in [0.25, 0.3) is 7.41 Å². The van der Waals surface area contributed by atoms with Crippen molar-refractivity contribution in [3.63, 3.8) is 0 Å². The third-order valence-corrected chi connectivity index (χ3v) is 15.4. The number of benzene rings is 8. The second-order valence-corrected chi connectivity index (χ2v) is 19.6. The lowest BCUT2D eigenvalue weighted by Gasteiger charge is -2.23. The number of thiazole rings is 2.